The Balaban J connectivity index is 1.83. The molecule has 2 aliphatic rings. The maximum Gasteiger partial charge on any atom is 0.0195 e. The van der Waals surface area contributed by atoms with Crippen LogP contribution in [-0.2, 0) is 0 Å². The maximum atomic E-state index is 3.47. The number of rotatable bonds is 2. The molecule has 1 atom stereocenters. The molecule has 0 radical (unpaired) electrons. The Hall–Kier alpha value is -0.120. The summed E-state index contributed by atoms with van der Waals surface area (Å²) in [7, 11) is 0. The molecule has 0 aromatic heterocycles. The van der Waals surface area contributed by atoms with E-state index in [1.54, 1.807) is 0 Å². The average molecular weight is 211 g/mol. The van der Waals surface area contributed by atoms with Crippen molar-refractivity contribution in [2.24, 2.45) is 0 Å². The van der Waals surface area contributed by atoms with Crippen LogP contribution in [0.1, 0.15) is 26.7 Å². The quantitative estimate of drug-likeness (QED) is 0.728. The summed E-state index contributed by atoms with van der Waals surface area (Å²) in [5, 5.41) is 3.47. The number of hydrogen-bond acceptors (Lipinski definition) is 3. The van der Waals surface area contributed by atoms with E-state index in [1.165, 1.54) is 52.1 Å². The monoisotopic (exact) mass is 211 g/mol. The number of hydrogen-bond donors (Lipinski definition) is 1. The molecule has 0 aromatic carbocycles. The van der Waals surface area contributed by atoms with Crippen molar-refractivity contribution in [3.63, 3.8) is 0 Å². The van der Waals surface area contributed by atoms with Gasteiger partial charge in [0.25, 0.3) is 0 Å². The van der Waals surface area contributed by atoms with Crippen LogP contribution in [0.3, 0.4) is 0 Å². The van der Waals surface area contributed by atoms with E-state index in [9.17, 15) is 0 Å². The van der Waals surface area contributed by atoms with E-state index in [0.717, 1.165) is 12.1 Å². The first-order chi connectivity index (χ1) is 7.31. The minimum Gasteiger partial charge on any atom is -0.314 e. The Kier molecular flexibility index (Phi) is 4.00. The largest absolute Gasteiger partial charge is 0.314 e. The first kappa shape index (κ1) is 11.4. The molecular weight excluding hydrogens is 186 g/mol. The molecule has 15 heavy (non-hydrogen) atoms. The topological polar surface area (TPSA) is 18.5 Å². The molecule has 2 aliphatic heterocycles. The number of nitrogens with one attached hydrogen (secondary N) is 1. The Bertz CT molecular complexity index is 187. The highest BCUT2D eigenvalue weighted by Gasteiger charge is 2.28. The molecule has 3 heteroatoms. The molecule has 2 fully saturated rings. The van der Waals surface area contributed by atoms with Gasteiger partial charge in [-0.15, -0.1) is 0 Å². The number of piperidine rings is 1. The fourth-order valence-electron chi connectivity index (χ4n) is 2.97. The van der Waals surface area contributed by atoms with Gasteiger partial charge < -0.3 is 10.2 Å². The minimum atomic E-state index is 0.733. The minimum absolute atomic E-state index is 0.733. The molecule has 1 N–H and O–H groups in total. The predicted molar refractivity (Wildman–Crippen MR) is 64.2 cm³/mol. The molecule has 0 amide bonds. The van der Waals surface area contributed by atoms with Crippen molar-refractivity contribution in [1.29, 1.82) is 0 Å². The van der Waals surface area contributed by atoms with Gasteiger partial charge >= 0.3 is 0 Å². The molecule has 2 heterocycles. The lowest BCUT2D eigenvalue weighted by Gasteiger charge is -2.43. The Morgan fingerprint density at radius 2 is 1.93 bits per heavy atom. The van der Waals surface area contributed by atoms with Crippen LogP contribution in [0.2, 0.25) is 0 Å². The lowest BCUT2D eigenvalue weighted by molar-refractivity contribution is 0.0663. The van der Waals surface area contributed by atoms with Crippen LogP contribution in [0.4, 0.5) is 0 Å². The van der Waals surface area contributed by atoms with Crippen molar-refractivity contribution in [3.8, 4) is 0 Å². The first-order valence-electron chi connectivity index (χ1n) is 6.50. The highest BCUT2D eigenvalue weighted by atomic mass is 15.3. The van der Waals surface area contributed by atoms with Crippen molar-refractivity contribution in [3.05, 3.63) is 0 Å². The summed E-state index contributed by atoms with van der Waals surface area (Å²) in [5.74, 6) is 0. The third kappa shape index (κ3) is 2.71. The molecule has 2 rings (SSSR count). The summed E-state index contributed by atoms with van der Waals surface area (Å²) in [4.78, 5) is 5.30. The van der Waals surface area contributed by atoms with Crippen molar-refractivity contribution >= 4 is 0 Å². The lowest BCUT2D eigenvalue weighted by Crippen LogP contribution is -2.56. The summed E-state index contributed by atoms with van der Waals surface area (Å²) >= 11 is 0. The highest BCUT2D eigenvalue weighted by Crippen LogP contribution is 2.19. The smallest absolute Gasteiger partial charge is 0.0195 e. The van der Waals surface area contributed by atoms with Gasteiger partial charge in [0.2, 0.25) is 0 Å². The van der Waals surface area contributed by atoms with E-state index in [2.05, 4.69) is 29.0 Å². The summed E-state index contributed by atoms with van der Waals surface area (Å²) in [6.07, 6.45) is 2.75. The van der Waals surface area contributed by atoms with Gasteiger partial charge in [-0.25, -0.2) is 0 Å². The molecule has 88 valence electrons. The molecule has 1 unspecified atom stereocenters. The average Bonchev–Trinajstić information content (AvgIpc) is 2.30. The molecule has 0 aliphatic carbocycles. The zero-order valence-corrected chi connectivity index (χ0v) is 10.2. The van der Waals surface area contributed by atoms with Crippen LogP contribution < -0.4 is 5.32 Å². The zero-order valence-electron chi connectivity index (χ0n) is 10.2. The van der Waals surface area contributed by atoms with Crippen LogP contribution in [0.5, 0.6) is 0 Å². The second kappa shape index (κ2) is 5.28. The standard InChI is InChI=1S/C12H25N3/c1-3-14-7-4-12(5-8-14)15-9-6-13-10-11(15)2/h11-13H,3-10H2,1-2H3. The fourth-order valence-corrected chi connectivity index (χ4v) is 2.97. The van der Waals surface area contributed by atoms with Crippen LogP contribution in [-0.4, -0.2) is 61.2 Å². The molecule has 2 saturated heterocycles. The number of nitrogens with zero attached hydrogens (tertiary/aromatic N) is 2. The van der Waals surface area contributed by atoms with Gasteiger partial charge in [-0.05, 0) is 39.4 Å². The third-order valence-electron chi connectivity index (χ3n) is 4.03. The van der Waals surface area contributed by atoms with E-state index in [0.29, 0.717) is 0 Å². The van der Waals surface area contributed by atoms with E-state index >= 15 is 0 Å². The Morgan fingerprint density at radius 1 is 1.20 bits per heavy atom. The zero-order chi connectivity index (χ0) is 10.7. The third-order valence-corrected chi connectivity index (χ3v) is 4.03. The van der Waals surface area contributed by atoms with E-state index in [-0.39, 0.29) is 0 Å². The van der Waals surface area contributed by atoms with Crippen LogP contribution in [0, 0.1) is 0 Å². The molecule has 0 spiro atoms. The SMILES string of the molecule is CCN1CCC(N2CCNCC2C)CC1. The summed E-state index contributed by atoms with van der Waals surface area (Å²) < 4.78 is 0. The van der Waals surface area contributed by atoms with Crippen molar-refractivity contribution < 1.29 is 0 Å². The van der Waals surface area contributed by atoms with Crippen LogP contribution in [0.15, 0.2) is 0 Å². The van der Waals surface area contributed by atoms with Gasteiger partial charge in [0.15, 0.2) is 0 Å². The van der Waals surface area contributed by atoms with Gasteiger partial charge in [0.05, 0.1) is 0 Å². The molecular formula is C12H25N3. The normalized spacial score (nSPS) is 32.0. The van der Waals surface area contributed by atoms with Crippen molar-refractivity contribution in [2.45, 2.75) is 38.8 Å². The molecule has 3 nitrogen and oxygen atoms in total. The van der Waals surface area contributed by atoms with Gasteiger partial charge in [-0.3, -0.25) is 4.90 Å². The molecule has 0 bridgehead atoms. The van der Waals surface area contributed by atoms with E-state index in [4.69, 9.17) is 0 Å². The number of likely N-dealkylation sites (tertiary alicyclic amines) is 1. The summed E-state index contributed by atoms with van der Waals surface area (Å²) in [6.45, 7) is 12.1. The summed E-state index contributed by atoms with van der Waals surface area (Å²) in [6, 6.07) is 1.59. The van der Waals surface area contributed by atoms with Gasteiger partial charge in [0.1, 0.15) is 0 Å². The Labute approximate surface area is 93.8 Å². The second-order valence-corrected chi connectivity index (χ2v) is 4.96. The number of piperazine rings is 1. The van der Waals surface area contributed by atoms with Gasteiger partial charge in [-0.1, -0.05) is 6.92 Å². The van der Waals surface area contributed by atoms with Crippen LogP contribution in [0.25, 0.3) is 0 Å². The Morgan fingerprint density at radius 3 is 2.53 bits per heavy atom. The van der Waals surface area contributed by atoms with Gasteiger partial charge in [0, 0.05) is 31.7 Å². The van der Waals surface area contributed by atoms with Crippen molar-refractivity contribution in [2.75, 3.05) is 39.3 Å². The highest BCUT2D eigenvalue weighted by molar-refractivity contribution is 4.85. The van der Waals surface area contributed by atoms with E-state index < -0.39 is 0 Å². The van der Waals surface area contributed by atoms with Crippen LogP contribution >= 0.6 is 0 Å². The van der Waals surface area contributed by atoms with E-state index in [1.807, 2.05) is 0 Å². The molecule has 0 saturated carbocycles. The fraction of sp³-hybridized carbons (Fsp3) is 1.00. The van der Waals surface area contributed by atoms with Crippen molar-refractivity contribution in [1.82, 2.24) is 15.1 Å². The first-order valence-corrected chi connectivity index (χ1v) is 6.50. The van der Waals surface area contributed by atoms with Gasteiger partial charge in [-0.2, -0.15) is 0 Å². The molecule has 0 aromatic rings. The maximum absolute atomic E-state index is 3.47. The predicted octanol–water partition coefficient (Wildman–Crippen LogP) is 0.764. The lowest BCUT2D eigenvalue weighted by atomic mass is 10.0. The second-order valence-electron chi connectivity index (χ2n) is 4.96. The summed E-state index contributed by atoms with van der Waals surface area (Å²) in [5.41, 5.74) is 0.